The fourth-order valence-electron chi connectivity index (χ4n) is 9.59. The van der Waals surface area contributed by atoms with E-state index >= 15 is 0 Å². The van der Waals surface area contributed by atoms with Gasteiger partial charge in [0, 0.05) is 52.4 Å². The van der Waals surface area contributed by atoms with E-state index in [0.717, 1.165) is 127 Å². The van der Waals surface area contributed by atoms with Gasteiger partial charge in [-0.05, 0) is 156 Å². The molecule has 0 aliphatic carbocycles. The van der Waals surface area contributed by atoms with Gasteiger partial charge in [-0.15, -0.1) is 0 Å². The molecule has 10 aromatic carbocycles. The monoisotopic (exact) mass is 1580 g/mol. The topological polar surface area (TPSA) is 352 Å². The van der Waals surface area contributed by atoms with Gasteiger partial charge < -0.3 is 81.0 Å². The minimum atomic E-state index is -0.912. The fraction of sp³-hybridized carbons (Fsp3) is 0.139. The Balaban J connectivity index is 0.000000169. The number of benzene rings is 10. The molecule has 1 amide bonds. The molecule has 0 bridgehead atoms. The standard InChI is InChI=1S/C22H20N4O2S.C17H16N2O3S.C16H14N2O3S.C9H9BrO2.C8H8N2OS.C6H8N2.CH4/c1-28-16-10-11-19-20(12-16)26-22(25-19)29-13-14-6-8-15(9-7-14)21(27)24-18-5-3-2-4-17(18)23;1-21-13-7-8-14-15(9-13)19-17(18-14)23-10-11-3-5-12(6-4-11)16(20)22-2;1-21-12-6-7-13-14(8-12)18-16(17-13)22-9-10-2-4-11(5-3-10)15(19)20;1-12-9(11)8-4-2-7(6-10)3-5-8;1-11-5-2-3-6-7(4-5)10-8(12)9-6;7-5-3-1-2-4-6(5)8;/h2-12H,13,23H2,1H3,(H,24,27)(H,25,26);3-9H,10H2,1-2H3,(H,18,19);2-8H,9H2,1H3,(H,17,18)(H,19,20);2-5H,6H2,1H3;2-4H,1H3,(H2,9,10,12);1-4H,7-8H2;1H4. The highest BCUT2D eigenvalue weighted by atomic mass is 79.9. The van der Waals surface area contributed by atoms with Crippen LogP contribution in [0.25, 0.3) is 44.1 Å². The highest BCUT2D eigenvalue weighted by Crippen LogP contribution is 2.30. The number of methoxy groups -OCH3 is 6. The van der Waals surface area contributed by atoms with Crippen LogP contribution in [0.5, 0.6) is 23.0 Å². The Morgan fingerprint density at radius 2 is 0.757 bits per heavy atom. The number of aromatic amines is 5. The van der Waals surface area contributed by atoms with E-state index in [9.17, 15) is 19.2 Å². The minimum Gasteiger partial charge on any atom is -0.497 e. The largest absolute Gasteiger partial charge is 0.497 e. The van der Waals surface area contributed by atoms with Gasteiger partial charge >= 0.3 is 17.9 Å². The lowest BCUT2D eigenvalue weighted by atomic mass is 10.1. The zero-order chi connectivity index (χ0) is 75.5. The number of H-pyrrole nitrogens is 5. The Morgan fingerprint density at radius 3 is 1.11 bits per heavy atom. The number of nitrogen functional groups attached to an aromatic ring is 3. The second kappa shape index (κ2) is 40.5. The molecule has 14 aromatic rings. The summed E-state index contributed by atoms with van der Waals surface area (Å²) in [4.78, 5) is 75.1. The number of esters is 2. The molecule has 4 heterocycles. The van der Waals surface area contributed by atoms with Crippen molar-refractivity contribution >= 4 is 154 Å². The van der Waals surface area contributed by atoms with Crippen molar-refractivity contribution in [3.05, 3.63) is 268 Å². The van der Waals surface area contributed by atoms with Gasteiger partial charge in [-0.3, -0.25) is 4.79 Å². The number of fused-ring (bicyclic) bond motifs is 4. The molecular weight excluding hydrogens is 1500 g/mol. The molecule has 0 spiro atoms. The van der Waals surface area contributed by atoms with Crippen molar-refractivity contribution in [1.29, 1.82) is 0 Å². The smallest absolute Gasteiger partial charge is 0.337 e. The maximum atomic E-state index is 12.4. The summed E-state index contributed by atoms with van der Waals surface area (Å²) in [6.45, 7) is 0. The van der Waals surface area contributed by atoms with Crippen LogP contribution in [0.15, 0.2) is 234 Å². The lowest BCUT2D eigenvalue weighted by Gasteiger charge is -2.08. The second-order valence-electron chi connectivity index (χ2n) is 22.5. The van der Waals surface area contributed by atoms with Crippen LogP contribution in [0.2, 0.25) is 0 Å². The fourth-order valence-corrected chi connectivity index (χ4v) is 12.7. The second-order valence-corrected chi connectivity index (χ2v) is 26.4. The number of carboxylic acid groups (broad SMARTS) is 1. The van der Waals surface area contributed by atoms with Gasteiger partial charge in [-0.1, -0.05) is 131 Å². The van der Waals surface area contributed by atoms with Crippen molar-refractivity contribution in [2.75, 3.05) is 65.2 Å². The lowest BCUT2D eigenvalue weighted by Crippen LogP contribution is -2.13. The Bertz CT molecular complexity index is 5290. The molecule has 0 saturated heterocycles. The molecule has 13 N–H and O–H groups in total. The van der Waals surface area contributed by atoms with Crippen LogP contribution in [-0.4, -0.2) is 111 Å². The van der Waals surface area contributed by atoms with Crippen LogP contribution < -0.4 is 41.5 Å². The maximum Gasteiger partial charge on any atom is 0.337 e. The molecule has 0 saturated carbocycles. The van der Waals surface area contributed by atoms with Gasteiger partial charge in [0.25, 0.3) is 5.91 Å². The zero-order valence-corrected chi connectivity index (χ0v) is 63.1. The van der Waals surface area contributed by atoms with Crippen molar-refractivity contribution in [2.45, 2.75) is 45.5 Å². The number of imidazole rings is 4. The van der Waals surface area contributed by atoms with Gasteiger partial charge in [0.2, 0.25) is 0 Å². The Hall–Kier alpha value is -11.7. The molecule has 0 atom stereocenters. The number of amides is 1. The van der Waals surface area contributed by atoms with Gasteiger partial charge in [-0.25, -0.2) is 29.3 Å². The summed E-state index contributed by atoms with van der Waals surface area (Å²) in [6, 6.07) is 66.4. The van der Waals surface area contributed by atoms with E-state index in [2.05, 4.69) is 70.6 Å². The highest BCUT2D eigenvalue weighted by Gasteiger charge is 2.13. The normalized spacial score (nSPS) is 10.3. The summed E-state index contributed by atoms with van der Waals surface area (Å²) in [5.74, 6) is 3.72. The number of para-hydroxylation sites is 4. The summed E-state index contributed by atoms with van der Waals surface area (Å²) >= 11 is 13.0. The minimum absolute atomic E-state index is 0. The molecule has 552 valence electrons. The summed E-state index contributed by atoms with van der Waals surface area (Å²) < 4.78 is 30.6. The Labute approximate surface area is 643 Å². The van der Waals surface area contributed by atoms with Crippen LogP contribution in [0.1, 0.15) is 71.1 Å². The number of nitrogens with two attached hydrogens (primary N) is 3. The summed E-state index contributed by atoms with van der Waals surface area (Å²) in [5.41, 5.74) is 33.0. The van der Waals surface area contributed by atoms with Gasteiger partial charge in [-0.2, -0.15) is 0 Å². The molecule has 23 nitrogen and oxygen atoms in total. The number of alkyl halides is 1. The van der Waals surface area contributed by atoms with Crippen molar-refractivity contribution < 1.29 is 52.7 Å². The average molecular weight is 1580 g/mol. The number of anilines is 4. The first-order valence-electron chi connectivity index (χ1n) is 32.2. The molecule has 0 aliphatic rings. The number of aromatic nitrogens is 8. The van der Waals surface area contributed by atoms with Crippen molar-refractivity contribution in [3.8, 4) is 23.0 Å². The van der Waals surface area contributed by atoms with Crippen LogP contribution in [-0.2, 0) is 32.1 Å². The first-order chi connectivity index (χ1) is 51.3. The van der Waals surface area contributed by atoms with Gasteiger partial charge in [0.1, 0.15) is 23.0 Å². The highest BCUT2D eigenvalue weighted by molar-refractivity contribution is 9.08. The van der Waals surface area contributed by atoms with E-state index in [-0.39, 0.29) is 25.3 Å². The molecule has 0 unspecified atom stereocenters. The van der Waals surface area contributed by atoms with Gasteiger partial charge in [0.05, 0.1) is 126 Å². The molecule has 107 heavy (non-hydrogen) atoms. The molecule has 0 aliphatic heterocycles. The van der Waals surface area contributed by atoms with Crippen LogP contribution in [0, 0.1) is 4.77 Å². The number of carboxylic acids is 1. The van der Waals surface area contributed by atoms with Crippen molar-refractivity contribution in [2.24, 2.45) is 0 Å². The number of thioether (sulfide) groups is 3. The number of rotatable bonds is 19. The molecule has 28 heteroatoms. The molecule has 0 fully saturated rings. The number of hydrogen-bond donors (Lipinski definition) is 10. The van der Waals surface area contributed by atoms with Crippen LogP contribution in [0.4, 0.5) is 22.7 Å². The van der Waals surface area contributed by atoms with E-state index in [1.54, 1.807) is 124 Å². The van der Waals surface area contributed by atoms with Crippen LogP contribution in [0.3, 0.4) is 0 Å². The number of carbonyl (C=O) groups is 4. The van der Waals surface area contributed by atoms with Crippen LogP contribution >= 0.6 is 63.4 Å². The molecular formula is C79H79BrN12O11S4. The third kappa shape index (κ3) is 23.9. The molecule has 14 rings (SSSR count). The Morgan fingerprint density at radius 1 is 0.421 bits per heavy atom. The summed E-state index contributed by atoms with van der Waals surface area (Å²) in [6.07, 6.45) is 0. The third-order valence-electron chi connectivity index (χ3n) is 15.4. The number of nitrogens with zero attached hydrogens (tertiary/aromatic N) is 3. The van der Waals surface area contributed by atoms with Gasteiger partial charge in [0.15, 0.2) is 20.2 Å². The van der Waals surface area contributed by atoms with Crippen molar-refractivity contribution in [3.63, 3.8) is 0 Å². The first kappa shape index (κ1) is 81.0. The number of halogens is 1. The number of hydrogen-bond acceptors (Lipinski definition) is 20. The number of ether oxygens (including phenoxy) is 6. The molecule has 4 aromatic heterocycles. The third-order valence-corrected chi connectivity index (χ3v) is 19.1. The van der Waals surface area contributed by atoms with E-state index in [4.69, 9.17) is 53.5 Å². The summed E-state index contributed by atoms with van der Waals surface area (Å²) in [5, 5.41) is 15.0. The van der Waals surface area contributed by atoms with E-state index in [0.29, 0.717) is 49.8 Å². The summed E-state index contributed by atoms with van der Waals surface area (Å²) in [7, 11) is 9.32. The average Bonchev–Trinajstić information content (AvgIpc) is 1.36. The van der Waals surface area contributed by atoms with E-state index in [1.165, 1.54) is 14.2 Å². The first-order valence-corrected chi connectivity index (χ1v) is 36.7. The van der Waals surface area contributed by atoms with E-state index < -0.39 is 5.97 Å². The number of carbonyl (C=O) groups excluding carboxylic acids is 3. The predicted molar refractivity (Wildman–Crippen MR) is 435 cm³/mol. The molecule has 0 radical (unpaired) electrons. The van der Waals surface area contributed by atoms with Crippen molar-refractivity contribution in [1.82, 2.24) is 39.9 Å². The SMILES string of the molecule is C.COC(=O)c1ccc(CBr)cc1.COC(=O)c1ccc(CSc2nc3ccc(OC)cc3[nH]2)cc1.COc1ccc2[nH]c(=S)[nH]c2c1.COc1ccc2nc(SCc3ccc(C(=O)Nc4ccccc4N)cc3)[nH]c2c1.COc1ccc2nc(SCc3ccc(C(=O)O)cc3)[nH]c2c1.Nc1ccccc1N. The maximum absolute atomic E-state index is 12.4. The Kier molecular flexibility index (Phi) is 30.7. The predicted octanol–water partition coefficient (Wildman–Crippen LogP) is 18.0. The van der Waals surface area contributed by atoms with E-state index in [1.807, 2.05) is 158 Å². The number of nitrogens with one attached hydrogen (secondary N) is 6. The quantitative estimate of drug-likeness (QED) is 0.0118. The lowest BCUT2D eigenvalue weighted by molar-refractivity contribution is 0.0592. The number of aromatic carboxylic acids is 1. The zero-order valence-electron chi connectivity index (χ0n) is 58.2.